The van der Waals surface area contributed by atoms with Gasteiger partial charge in [-0.15, -0.1) is 0 Å². The first kappa shape index (κ1) is 15.2. The summed E-state index contributed by atoms with van der Waals surface area (Å²) in [6, 6.07) is 5.27. The summed E-state index contributed by atoms with van der Waals surface area (Å²) in [4.78, 5) is 24.8. The summed E-state index contributed by atoms with van der Waals surface area (Å²) in [5.74, 6) is 1.57. The van der Waals surface area contributed by atoms with Crippen LogP contribution in [0.2, 0.25) is 5.02 Å². The molecule has 0 N–H and O–H groups in total. The van der Waals surface area contributed by atoms with Crippen LogP contribution < -0.4 is 9.64 Å². The Morgan fingerprint density at radius 3 is 2.90 bits per heavy atom. The molecule has 20 heavy (non-hydrogen) atoms. The second kappa shape index (κ2) is 6.50. The lowest BCUT2D eigenvalue weighted by Gasteiger charge is -2.18. The fourth-order valence-corrected chi connectivity index (χ4v) is 3.16. The Kier molecular flexibility index (Phi) is 4.94. The van der Waals surface area contributed by atoms with E-state index in [2.05, 4.69) is 0 Å². The molecule has 6 heteroatoms. The molecule has 108 valence electrons. The van der Waals surface area contributed by atoms with Gasteiger partial charge in [-0.3, -0.25) is 9.59 Å². The van der Waals surface area contributed by atoms with Crippen LogP contribution in [0.3, 0.4) is 0 Å². The van der Waals surface area contributed by atoms with E-state index in [0.717, 1.165) is 0 Å². The van der Waals surface area contributed by atoms with Crippen molar-refractivity contribution in [1.29, 1.82) is 0 Å². The van der Waals surface area contributed by atoms with Crippen LogP contribution in [0.15, 0.2) is 18.2 Å². The standard InChI is InChI=1S/C14H16ClNO3S/c1-9(17)20-8-10-5-14(18)16(7-10)13-4-3-11(19-2)6-12(13)15/h3-4,6,10H,5,7-8H2,1-2H3. The maximum atomic E-state index is 12.1. The van der Waals surface area contributed by atoms with Crippen LogP contribution in [0, 0.1) is 5.92 Å². The number of ether oxygens (including phenoxy) is 1. The second-order valence-corrected chi connectivity index (χ2v) is 6.30. The van der Waals surface area contributed by atoms with Crippen LogP contribution in [0.1, 0.15) is 13.3 Å². The lowest BCUT2D eigenvalue weighted by molar-refractivity contribution is -0.117. The van der Waals surface area contributed by atoms with Gasteiger partial charge in [-0.1, -0.05) is 23.4 Å². The lowest BCUT2D eigenvalue weighted by Crippen LogP contribution is -2.25. The number of amides is 1. The van der Waals surface area contributed by atoms with Gasteiger partial charge < -0.3 is 9.64 Å². The normalized spacial score (nSPS) is 18.4. The van der Waals surface area contributed by atoms with E-state index in [0.29, 0.717) is 35.2 Å². The number of anilines is 1. The molecular weight excluding hydrogens is 298 g/mol. The maximum absolute atomic E-state index is 12.1. The molecule has 1 amide bonds. The molecule has 1 atom stereocenters. The predicted octanol–water partition coefficient (Wildman–Crippen LogP) is 2.98. The summed E-state index contributed by atoms with van der Waals surface area (Å²) in [6.07, 6.45) is 0.461. The average molecular weight is 314 g/mol. The number of carbonyl (C=O) groups is 2. The number of carbonyl (C=O) groups excluding carboxylic acids is 2. The van der Waals surface area contributed by atoms with Crippen molar-refractivity contribution in [3.8, 4) is 5.75 Å². The van der Waals surface area contributed by atoms with Gasteiger partial charge in [0.15, 0.2) is 5.12 Å². The first-order chi connectivity index (χ1) is 9.51. The number of rotatable bonds is 4. The number of nitrogens with zero attached hydrogens (tertiary/aromatic N) is 1. The van der Waals surface area contributed by atoms with Crippen molar-refractivity contribution in [2.75, 3.05) is 24.3 Å². The van der Waals surface area contributed by atoms with Crippen molar-refractivity contribution < 1.29 is 14.3 Å². The number of hydrogen-bond acceptors (Lipinski definition) is 4. The zero-order chi connectivity index (χ0) is 14.7. The number of benzene rings is 1. The lowest BCUT2D eigenvalue weighted by atomic mass is 10.1. The largest absolute Gasteiger partial charge is 0.497 e. The highest BCUT2D eigenvalue weighted by Gasteiger charge is 2.31. The first-order valence-corrected chi connectivity index (χ1v) is 7.65. The highest BCUT2D eigenvalue weighted by atomic mass is 35.5. The van der Waals surface area contributed by atoms with Gasteiger partial charge in [-0.2, -0.15) is 0 Å². The molecule has 0 spiro atoms. The molecule has 0 aliphatic carbocycles. The summed E-state index contributed by atoms with van der Waals surface area (Å²) in [5.41, 5.74) is 0.702. The van der Waals surface area contributed by atoms with Gasteiger partial charge in [0.2, 0.25) is 5.91 Å². The van der Waals surface area contributed by atoms with Crippen LogP contribution >= 0.6 is 23.4 Å². The third kappa shape index (κ3) is 3.46. The number of halogens is 1. The number of methoxy groups -OCH3 is 1. The van der Waals surface area contributed by atoms with Crippen LogP contribution in [-0.4, -0.2) is 30.4 Å². The van der Waals surface area contributed by atoms with E-state index in [1.807, 2.05) is 0 Å². The van der Waals surface area contributed by atoms with E-state index in [4.69, 9.17) is 16.3 Å². The molecular formula is C14H16ClNO3S. The third-order valence-corrected chi connectivity index (χ3v) is 4.52. The number of hydrogen-bond donors (Lipinski definition) is 0. The fraction of sp³-hybridized carbons (Fsp3) is 0.429. The monoisotopic (exact) mass is 313 g/mol. The van der Waals surface area contributed by atoms with Gasteiger partial charge >= 0.3 is 0 Å². The Morgan fingerprint density at radius 1 is 1.55 bits per heavy atom. The van der Waals surface area contributed by atoms with Gasteiger partial charge in [0.1, 0.15) is 5.75 Å². The van der Waals surface area contributed by atoms with Crippen LogP contribution in [0.25, 0.3) is 0 Å². The minimum Gasteiger partial charge on any atom is -0.497 e. The predicted molar refractivity (Wildman–Crippen MR) is 81.6 cm³/mol. The molecule has 0 saturated carbocycles. The van der Waals surface area contributed by atoms with E-state index in [1.165, 1.54) is 11.8 Å². The molecule has 1 saturated heterocycles. The molecule has 1 unspecified atom stereocenters. The van der Waals surface area contributed by atoms with E-state index in [1.54, 1.807) is 37.1 Å². The molecule has 4 nitrogen and oxygen atoms in total. The van der Waals surface area contributed by atoms with Crippen molar-refractivity contribution in [2.45, 2.75) is 13.3 Å². The summed E-state index contributed by atoms with van der Waals surface area (Å²) in [7, 11) is 1.57. The van der Waals surface area contributed by atoms with E-state index >= 15 is 0 Å². The first-order valence-electron chi connectivity index (χ1n) is 6.28. The summed E-state index contributed by atoms with van der Waals surface area (Å²) >= 11 is 7.46. The molecule has 0 radical (unpaired) electrons. The average Bonchev–Trinajstić information content (AvgIpc) is 2.77. The maximum Gasteiger partial charge on any atom is 0.227 e. The van der Waals surface area contributed by atoms with Gasteiger partial charge in [-0.25, -0.2) is 0 Å². The van der Waals surface area contributed by atoms with E-state index < -0.39 is 0 Å². The fourth-order valence-electron chi connectivity index (χ4n) is 2.19. The third-order valence-electron chi connectivity index (χ3n) is 3.17. The molecule has 1 aromatic rings. The van der Waals surface area contributed by atoms with Crippen molar-refractivity contribution in [2.24, 2.45) is 5.92 Å². The van der Waals surface area contributed by atoms with Crippen molar-refractivity contribution in [1.82, 2.24) is 0 Å². The van der Waals surface area contributed by atoms with Gasteiger partial charge in [0, 0.05) is 31.7 Å². The SMILES string of the molecule is COc1ccc(N2CC(CSC(C)=O)CC2=O)c(Cl)c1. The molecule has 1 aromatic carbocycles. The van der Waals surface area contributed by atoms with Gasteiger partial charge in [0.05, 0.1) is 17.8 Å². The minimum absolute atomic E-state index is 0.0474. The molecule has 1 aliphatic rings. The molecule has 1 heterocycles. The zero-order valence-electron chi connectivity index (χ0n) is 11.4. The van der Waals surface area contributed by atoms with Crippen molar-refractivity contribution in [3.63, 3.8) is 0 Å². The zero-order valence-corrected chi connectivity index (χ0v) is 13.0. The molecule has 1 aliphatic heterocycles. The highest BCUT2D eigenvalue weighted by molar-refractivity contribution is 8.13. The van der Waals surface area contributed by atoms with Crippen molar-refractivity contribution in [3.05, 3.63) is 23.2 Å². The summed E-state index contributed by atoms with van der Waals surface area (Å²) in [6.45, 7) is 2.14. The van der Waals surface area contributed by atoms with E-state index in [9.17, 15) is 9.59 Å². The smallest absolute Gasteiger partial charge is 0.227 e. The molecule has 0 aromatic heterocycles. The summed E-state index contributed by atoms with van der Waals surface area (Å²) < 4.78 is 5.10. The number of thioether (sulfide) groups is 1. The highest BCUT2D eigenvalue weighted by Crippen LogP contribution is 2.34. The Hall–Kier alpha value is -1.20. The summed E-state index contributed by atoms with van der Waals surface area (Å²) in [5, 5.41) is 0.580. The van der Waals surface area contributed by atoms with Crippen molar-refractivity contribution >= 4 is 40.1 Å². The van der Waals surface area contributed by atoms with Crippen LogP contribution in [0.4, 0.5) is 5.69 Å². The topological polar surface area (TPSA) is 46.6 Å². The Morgan fingerprint density at radius 2 is 2.30 bits per heavy atom. The quantitative estimate of drug-likeness (QED) is 0.857. The molecule has 1 fully saturated rings. The van der Waals surface area contributed by atoms with Crippen LogP contribution in [-0.2, 0) is 9.59 Å². The van der Waals surface area contributed by atoms with Gasteiger partial charge in [0.25, 0.3) is 0 Å². The van der Waals surface area contributed by atoms with E-state index in [-0.39, 0.29) is 16.9 Å². The Balaban J connectivity index is 2.09. The molecule has 2 rings (SSSR count). The Bertz CT molecular complexity index is 535. The van der Waals surface area contributed by atoms with Crippen LogP contribution in [0.5, 0.6) is 5.75 Å². The van der Waals surface area contributed by atoms with Gasteiger partial charge in [-0.05, 0) is 18.1 Å². The molecule has 0 bridgehead atoms. The minimum atomic E-state index is 0.0474. The Labute approximate surface area is 127 Å². The second-order valence-electron chi connectivity index (χ2n) is 4.69.